The van der Waals surface area contributed by atoms with Crippen LogP contribution in [0.4, 0.5) is 0 Å². The number of carbonyl (C=O) groups is 2. The number of Topliss-reactive ketones (excluding diaryl/α,β-unsaturated/α-hetero) is 1. The molecule has 0 saturated carbocycles. The lowest BCUT2D eigenvalue weighted by atomic mass is 10.1. The maximum absolute atomic E-state index is 12.6. The van der Waals surface area contributed by atoms with Crippen LogP contribution in [-0.4, -0.2) is 34.2 Å². The molecule has 24 heavy (non-hydrogen) atoms. The number of nitrogens with one attached hydrogen (secondary N) is 1. The Hall–Kier alpha value is -2.62. The third kappa shape index (κ3) is 2.48. The summed E-state index contributed by atoms with van der Waals surface area (Å²) < 4.78 is 0. The fourth-order valence-corrected chi connectivity index (χ4v) is 3.77. The van der Waals surface area contributed by atoms with E-state index < -0.39 is 0 Å². The molecule has 0 aliphatic carbocycles. The summed E-state index contributed by atoms with van der Waals surface area (Å²) in [7, 11) is 0. The minimum atomic E-state index is -0.227. The average Bonchev–Trinajstić information content (AvgIpc) is 3.19. The summed E-state index contributed by atoms with van der Waals surface area (Å²) in [6, 6.07) is 14.1. The summed E-state index contributed by atoms with van der Waals surface area (Å²) in [5, 5.41) is 2.31. The van der Waals surface area contributed by atoms with Crippen molar-refractivity contribution < 1.29 is 9.59 Å². The second-order valence-corrected chi connectivity index (χ2v) is 6.58. The van der Waals surface area contributed by atoms with Crippen LogP contribution < -0.4 is 0 Å². The van der Waals surface area contributed by atoms with Crippen molar-refractivity contribution in [3.05, 3.63) is 48.0 Å². The predicted octanol–water partition coefficient (Wildman–Crippen LogP) is 3.44. The largest absolute Gasteiger partial charge is 0.355 e. The van der Waals surface area contributed by atoms with E-state index in [4.69, 9.17) is 0 Å². The maximum atomic E-state index is 12.6. The molecule has 2 aromatic carbocycles. The van der Waals surface area contributed by atoms with E-state index in [0.717, 1.165) is 34.8 Å². The zero-order chi connectivity index (χ0) is 16.7. The van der Waals surface area contributed by atoms with Crippen molar-refractivity contribution in [3.63, 3.8) is 0 Å². The van der Waals surface area contributed by atoms with Crippen molar-refractivity contribution in [2.45, 2.75) is 32.2 Å². The van der Waals surface area contributed by atoms with Gasteiger partial charge in [-0.2, -0.15) is 0 Å². The van der Waals surface area contributed by atoms with E-state index >= 15 is 0 Å². The highest BCUT2D eigenvalue weighted by Gasteiger charge is 2.31. The molecular weight excluding hydrogens is 300 g/mol. The van der Waals surface area contributed by atoms with Crippen molar-refractivity contribution >= 4 is 33.5 Å². The first-order valence-corrected chi connectivity index (χ1v) is 8.43. The third-order valence-corrected chi connectivity index (χ3v) is 4.97. The number of nitrogens with zero attached hydrogens (tertiary/aromatic N) is 1. The monoisotopic (exact) mass is 320 g/mol. The number of carbonyl (C=O) groups excluding carboxylic acids is 2. The Balaban J connectivity index is 1.63. The molecule has 4 nitrogen and oxygen atoms in total. The number of rotatable bonds is 3. The number of hydrogen-bond donors (Lipinski definition) is 1. The van der Waals surface area contributed by atoms with Gasteiger partial charge < -0.3 is 9.88 Å². The molecule has 1 aliphatic heterocycles. The average molecular weight is 320 g/mol. The lowest BCUT2D eigenvalue weighted by Crippen LogP contribution is -2.40. The number of para-hydroxylation sites is 1. The highest BCUT2D eigenvalue weighted by atomic mass is 16.2. The number of benzene rings is 2. The zero-order valence-corrected chi connectivity index (χ0v) is 13.7. The molecule has 1 atom stereocenters. The molecule has 4 heteroatoms. The molecule has 2 heterocycles. The van der Waals surface area contributed by atoms with Crippen LogP contribution in [-0.2, 0) is 16.0 Å². The van der Waals surface area contributed by atoms with Gasteiger partial charge in [-0.3, -0.25) is 9.59 Å². The van der Waals surface area contributed by atoms with Crippen LogP contribution in [0, 0.1) is 0 Å². The number of aromatic nitrogens is 1. The number of amides is 1. The van der Waals surface area contributed by atoms with Gasteiger partial charge in [0.1, 0.15) is 0 Å². The highest BCUT2D eigenvalue weighted by molar-refractivity contribution is 6.07. The van der Waals surface area contributed by atoms with Crippen LogP contribution in [0.3, 0.4) is 0 Å². The molecule has 3 aromatic rings. The fourth-order valence-electron chi connectivity index (χ4n) is 3.77. The van der Waals surface area contributed by atoms with E-state index in [-0.39, 0.29) is 17.7 Å². The molecule has 1 N–H and O–H groups in total. The van der Waals surface area contributed by atoms with Crippen LogP contribution in [0.2, 0.25) is 0 Å². The highest BCUT2D eigenvalue weighted by Crippen LogP contribution is 2.27. The van der Waals surface area contributed by atoms with Crippen LogP contribution in [0.25, 0.3) is 21.8 Å². The molecule has 1 unspecified atom stereocenters. The van der Waals surface area contributed by atoms with E-state index in [2.05, 4.69) is 23.2 Å². The first-order chi connectivity index (χ1) is 11.6. The maximum Gasteiger partial charge on any atom is 0.227 e. The molecule has 4 rings (SSSR count). The Bertz CT molecular complexity index is 941. The summed E-state index contributed by atoms with van der Waals surface area (Å²) in [4.78, 5) is 29.5. The lowest BCUT2D eigenvalue weighted by molar-refractivity contribution is -0.136. The van der Waals surface area contributed by atoms with Gasteiger partial charge in [-0.25, -0.2) is 0 Å². The van der Waals surface area contributed by atoms with Gasteiger partial charge >= 0.3 is 0 Å². The number of likely N-dealkylation sites (tertiary alicyclic amines) is 1. The van der Waals surface area contributed by atoms with E-state index in [0.29, 0.717) is 13.0 Å². The van der Waals surface area contributed by atoms with Crippen LogP contribution in [0.5, 0.6) is 0 Å². The minimum absolute atomic E-state index is 0.0480. The van der Waals surface area contributed by atoms with Crippen molar-refractivity contribution in [2.24, 2.45) is 0 Å². The van der Waals surface area contributed by atoms with Crippen molar-refractivity contribution in [1.29, 1.82) is 0 Å². The summed E-state index contributed by atoms with van der Waals surface area (Å²) in [5.74, 6) is 0.139. The van der Waals surface area contributed by atoms with Gasteiger partial charge in [0.25, 0.3) is 0 Å². The Kier molecular flexibility index (Phi) is 3.60. The van der Waals surface area contributed by atoms with E-state index in [9.17, 15) is 9.59 Å². The van der Waals surface area contributed by atoms with Gasteiger partial charge in [0.15, 0.2) is 5.78 Å². The van der Waals surface area contributed by atoms with Crippen molar-refractivity contribution in [3.8, 4) is 0 Å². The molecule has 1 aromatic heterocycles. The first-order valence-electron chi connectivity index (χ1n) is 8.43. The first kappa shape index (κ1) is 14.9. The summed E-state index contributed by atoms with van der Waals surface area (Å²) in [5.41, 5.74) is 3.17. The number of fused-ring (bicyclic) bond motifs is 3. The summed E-state index contributed by atoms with van der Waals surface area (Å²) in [6.45, 7) is 2.27. The number of hydrogen-bond acceptors (Lipinski definition) is 2. The Labute approximate surface area is 140 Å². The number of ketones is 1. The Morgan fingerprint density at radius 2 is 1.92 bits per heavy atom. The molecule has 0 radical (unpaired) electrons. The standard InChI is InChI=1S/C20H20N2O2/c1-13(23)19-7-4-10-22(19)20(24)12-14-8-9-18-16(11-14)15-5-2-3-6-17(15)21-18/h2-3,5-6,8-9,11,19,21H,4,7,10,12H2,1H3. The van der Waals surface area contributed by atoms with Gasteiger partial charge in [-0.15, -0.1) is 0 Å². The van der Waals surface area contributed by atoms with Crippen molar-refractivity contribution in [1.82, 2.24) is 9.88 Å². The molecule has 0 bridgehead atoms. The van der Waals surface area contributed by atoms with Crippen LogP contribution >= 0.6 is 0 Å². The van der Waals surface area contributed by atoms with Gasteiger partial charge in [-0.1, -0.05) is 24.3 Å². The van der Waals surface area contributed by atoms with Crippen LogP contribution in [0.15, 0.2) is 42.5 Å². The van der Waals surface area contributed by atoms with Crippen molar-refractivity contribution in [2.75, 3.05) is 6.54 Å². The molecule has 0 spiro atoms. The topological polar surface area (TPSA) is 53.2 Å². The molecule has 1 amide bonds. The predicted molar refractivity (Wildman–Crippen MR) is 94.9 cm³/mol. The Morgan fingerprint density at radius 3 is 2.75 bits per heavy atom. The number of aromatic amines is 1. The summed E-state index contributed by atoms with van der Waals surface area (Å²) in [6.07, 6.45) is 2.05. The second-order valence-electron chi connectivity index (χ2n) is 6.58. The fraction of sp³-hybridized carbons (Fsp3) is 0.300. The normalized spacial score (nSPS) is 17.7. The van der Waals surface area contributed by atoms with Gasteiger partial charge in [0.05, 0.1) is 12.5 Å². The summed E-state index contributed by atoms with van der Waals surface area (Å²) >= 11 is 0. The van der Waals surface area contributed by atoms with E-state index in [1.165, 1.54) is 5.39 Å². The molecule has 122 valence electrons. The third-order valence-electron chi connectivity index (χ3n) is 4.97. The smallest absolute Gasteiger partial charge is 0.227 e. The Morgan fingerprint density at radius 1 is 1.12 bits per heavy atom. The molecular formula is C20H20N2O2. The van der Waals surface area contributed by atoms with Gasteiger partial charge in [-0.05, 0) is 43.5 Å². The lowest BCUT2D eigenvalue weighted by Gasteiger charge is -2.22. The van der Waals surface area contributed by atoms with E-state index in [1.54, 1.807) is 11.8 Å². The quantitative estimate of drug-likeness (QED) is 0.803. The van der Waals surface area contributed by atoms with Crippen LogP contribution in [0.1, 0.15) is 25.3 Å². The van der Waals surface area contributed by atoms with E-state index in [1.807, 2.05) is 24.3 Å². The van der Waals surface area contributed by atoms with Gasteiger partial charge in [0, 0.05) is 28.4 Å². The SMILES string of the molecule is CC(=O)C1CCCN1C(=O)Cc1ccc2[nH]c3ccccc3c2c1. The zero-order valence-electron chi connectivity index (χ0n) is 13.7. The molecule has 1 saturated heterocycles. The number of H-pyrrole nitrogens is 1. The van der Waals surface area contributed by atoms with Gasteiger partial charge in [0.2, 0.25) is 5.91 Å². The second kappa shape index (κ2) is 5.78. The molecule has 1 aliphatic rings. The molecule has 1 fully saturated rings. The minimum Gasteiger partial charge on any atom is -0.355 e.